The SMILES string of the molecule is COc1c[c]nn1C(F)F. The van der Waals surface area contributed by atoms with Crippen molar-refractivity contribution in [2.45, 2.75) is 6.55 Å². The second kappa shape index (κ2) is 2.64. The van der Waals surface area contributed by atoms with Crippen LogP contribution in [0.5, 0.6) is 5.88 Å². The molecule has 0 fully saturated rings. The molecule has 10 heavy (non-hydrogen) atoms. The third kappa shape index (κ3) is 1.07. The summed E-state index contributed by atoms with van der Waals surface area (Å²) in [6.07, 6.45) is 2.24. The molecule has 3 nitrogen and oxygen atoms in total. The van der Waals surface area contributed by atoms with E-state index in [0.717, 1.165) is 0 Å². The molecule has 0 atom stereocenters. The highest BCUT2D eigenvalue weighted by molar-refractivity contribution is 5.06. The molecule has 0 N–H and O–H groups in total. The zero-order valence-electron chi connectivity index (χ0n) is 5.21. The summed E-state index contributed by atoms with van der Waals surface area (Å²) in [4.78, 5) is 0. The molecule has 0 aliphatic carbocycles. The molecule has 1 rings (SSSR count). The normalized spacial score (nSPS) is 10.4. The molecule has 0 saturated carbocycles. The lowest BCUT2D eigenvalue weighted by molar-refractivity contribution is 0.0477. The number of aromatic nitrogens is 2. The summed E-state index contributed by atoms with van der Waals surface area (Å²) in [5, 5.41) is 3.20. The Labute approximate surface area is 56.2 Å². The fraction of sp³-hybridized carbons (Fsp3) is 0.400. The largest absolute Gasteiger partial charge is 0.481 e. The molecule has 0 spiro atoms. The Hall–Kier alpha value is -1.13. The van der Waals surface area contributed by atoms with Gasteiger partial charge in [-0.05, 0) is 0 Å². The number of hydrogen-bond donors (Lipinski definition) is 0. The average molecular weight is 147 g/mol. The summed E-state index contributed by atoms with van der Waals surface area (Å²) in [6, 6.07) is 1.24. The van der Waals surface area contributed by atoms with E-state index in [2.05, 4.69) is 16.0 Å². The van der Waals surface area contributed by atoms with Gasteiger partial charge in [0.2, 0.25) is 5.88 Å². The molecule has 1 aromatic heterocycles. The molecule has 0 aliphatic rings. The minimum atomic E-state index is -2.67. The van der Waals surface area contributed by atoms with Crippen LogP contribution in [0.1, 0.15) is 6.55 Å². The van der Waals surface area contributed by atoms with Crippen LogP contribution in [-0.4, -0.2) is 16.9 Å². The zero-order chi connectivity index (χ0) is 7.56. The first-order chi connectivity index (χ1) is 4.75. The number of rotatable bonds is 2. The Kier molecular flexibility index (Phi) is 1.84. The molecule has 55 valence electrons. The first-order valence-electron chi connectivity index (χ1n) is 2.53. The van der Waals surface area contributed by atoms with E-state index >= 15 is 0 Å². The fourth-order valence-electron chi connectivity index (χ4n) is 0.554. The Bertz CT molecular complexity index is 211. The Morgan fingerprint density at radius 3 is 2.90 bits per heavy atom. The van der Waals surface area contributed by atoms with Crippen molar-refractivity contribution in [3.05, 3.63) is 12.3 Å². The van der Waals surface area contributed by atoms with Crippen LogP contribution in [0.3, 0.4) is 0 Å². The van der Waals surface area contributed by atoms with Gasteiger partial charge in [0.05, 0.1) is 7.11 Å². The van der Waals surface area contributed by atoms with Gasteiger partial charge in [-0.2, -0.15) is 18.6 Å². The molecule has 1 aromatic rings. The first-order valence-corrected chi connectivity index (χ1v) is 2.53. The van der Waals surface area contributed by atoms with Crippen molar-refractivity contribution in [3.8, 4) is 5.88 Å². The van der Waals surface area contributed by atoms with Gasteiger partial charge in [0.25, 0.3) is 0 Å². The predicted molar refractivity (Wildman–Crippen MR) is 28.9 cm³/mol. The summed E-state index contributed by atoms with van der Waals surface area (Å²) in [6.45, 7) is -2.67. The highest BCUT2D eigenvalue weighted by atomic mass is 19.3. The van der Waals surface area contributed by atoms with E-state index in [1.54, 1.807) is 0 Å². The molecule has 0 bridgehead atoms. The second-order valence-corrected chi connectivity index (χ2v) is 1.54. The Morgan fingerprint density at radius 2 is 2.50 bits per heavy atom. The van der Waals surface area contributed by atoms with Crippen LogP contribution in [0.4, 0.5) is 8.78 Å². The first kappa shape index (κ1) is 6.98. The summed E-state index contributed by atoms with van der Waals surface area (Å²) in [5.41, 5.74) is 0. The quantitative estimate of drug-likeness (QED) is 0.626. The summed E-state index contributed by atoms with van der Waals surface area (Å²) in [5.74, 6) is 0.00926. The third-order valence-corrected chi connectivity index (χ3v) is 0.973. The maximum Gasteiger partial charge on any atom is 0.336 e. The van der Waals surface area contributed by atoms with Crippen LogP contribution in [0, 0.1) is 6.20 Å². The van der Waals surface area contributed by atoms with Gasteiger partial charge in [-0.25, -0.2) is 0 Å². The van der Waals surface area contributed by atoms with Crippen molar-refractivity contribution < 1.29 is 13.5 Å². The van der Waals surface area contributed by atoms with Crippen LogP contribution < -0.4 is 4.74 Å². The fourth-order valence-corrected chi connectivity index (χ4v) is 0.554. The van der Waals surface area contributed by atoms with Crippen LogP contribution in [0.25, 0.3) is 0 Å². The highest BCUT2D eigenvalue weighted by Gasteiger charge is 2.10. The standard InChI is InChI=1S/C5H5F2N2O/c1-10-4-2-3-8-9(4)5(6)7/h2,5H,1H3. The van der Waals surface area contributed by atoms with Crippen LogP contribution in [0.15, 0.2) is 6.07 Å². The summed E-state index contributed by atoms with van der Waals surface area (Å²) >= 11 is 0. The van der Waals surface area contributed by atoms with E-state index in [1.165, 1.54) is 13.2 Å². The van der Waals surface area contributed by atoms with Crippen molar-refractivity contribution in [1.29, 1.82) is 0 Å². The molecule has 0 amide bonds. The molecule has 0 unspecified atom stereocenters. The van der Waals surface area contributed by atoms with E-state index in [0.29, 0.717) is 4.68 Å². The minimum absolute atomic E-state index is 0.00926. The molecule has 0 saturated heterocycles. The van der Waals surface area contributed by atoms with Crippen molar-refractivity contribution in [3.63, 3.8) is 0 Å². The van der Waals surface area contributed by atoms with Crippen LogP contribution in [0.2, 0.25) is 0 Å². The highest BCUT2D eigenvalue weighted by Crippen LogP contribution is 2.16. The van der Waals surface area contributed by atoms with Gasteiger partial charge < -0.3 is 4.74 Å². The number of hydrogen-bond acceptors (Lipinski definition) is 2. The summed E-state index contributed by atoms with van der Waals surface area (Å²) < 4.78 is 28.7. The zero-order valence-corrected chi connectivity index (χ0v) is 5.21. The van der Waals surface area contributed by atoms with E-state index in [4.69, 9.17) is 0 Å². The second-order valence-electron chi connectivity index (χ2n) is 1.54. The maximum atomic E-state index is 11.8. The Morgan fingerprint density at radius 1 is 1.80 bits per heavy atom. The van der Waals surface area contributed by atoms with E-state index < -0.39 is 6.55 Å². The number of nitrogens with zero attached hydrogens (tertiary/aromatic N) is 2. The lowest BCUT2D eigenvalue weighted by Crippen LogP contribution is -2.02. The predicted octanol–water partition coefficient (Wildman–Crippen LogP) is 1.09. The lowest BCUT2D eigenvalue weighted by Gasteiger charge is -2.02. The van der Waals surface area contributed by atoms with E-state index in [1.807, 2.05) is 0 Å². The number of ether oxygens (including phenoxy) is 1. The molecular formula is C5H5F2N2O. The van der Waals surface area contributed by atoms with Gasteiger partial charge >= 0.3 is 6.55 Å². The van der Waals surface area contributed by atoms with Gasteiger partial charge in [0, 0.05) is 6.07 Å². The van der Waals surface area contributed by atoms with Crippen LogP contribution >= 0.6 is 0 Å². The number of methoxy groups -OCH3 is 1. The van der Waals surface area contributed by atoms with E-state index in [-0.39, 0.29) is 5.88 Å². The van der Waals surface area contributed by atoms with Crippen molar-refractivity contribution >= 4 is 0 Å². The molecule has 1 radical (unpaired) electrons. The van der Waals surface area contributed by atoms with Crippen molar-refractivity contribution in [1.82, 2.24) is 9.78 Å². The van der Waals surface area contributed by atoms with E-state index in [9.17, 15) is 8.78 Å². The Balaban J connectivity index is 2.90. The molecule has 5 heteroatoms. The maximum absolute atomic E-state index is 11.8. The van der Waals surface area contributed by atoms with Crippen molar-refractivity contribution in [2.75, 3.05) is 7.11 Å². The van der Waals surface area contributed by atoms with Gasteiger partial charge in [0.1, 0.15) is 6.20 Å². The summed E-state index contributed by atoms with van der Waals surface area (Å²) in [7, 11) is 1.30. The smallest absolute Gasteiger partial charge is 0.336 e. The van der Waals surface area contributed by atoms with Gasteiger partial charge in [0.15, 0.2) is 0 Å². The van der Waals surface area contributed by atoms with Crippen LogP contribution in [-0.2, 0) is 0 Å². The minimum Gasteiger partial charge on any atom is -0.481 e. The lowest BCUT2D eigenvalue weighted by atomic mass is 10.7. The number of halogens is 2. The van der Waals surface area contributed by atoms with Gasteiger partial charge in [-0.1, -0.05) is 0 Å². The van der Waals surface area contributed by atoms with Crippen molar-refractivity contribution in [2.24, 2.45) is 0 Å². The third-order valence-electron chi connectivity index (χ3n) is 0.973. The topological polar surface area (TPSA) is 27.1 Å². The molecule has 0 aromatic carbocycles. The number of alkyl halides is 2. The van der Waals surface area contributed by atoms with Gasteiger partial charge in [-0.15, -0.1) is 0 Å². The molecule has 0 aliphatic heterocycles. The molecular weight excluding hydrogens is 142 g/mol. The monoisotopic (exact) mass is 147 g/mol. The van der Waals surface area contributed by atoms with Gasteiger partial charge in [-0.3, -0.25) is 0 Å². The average Bonchev–Trinajstić information content (AvgIpc) is 2.33. The molecule has 1 heterocycles.